The van der Waals surface area contributed by atoms with Crippen molar-refractivity contribution in [2.75, 3.05) is 13.0 Å². The predicted molar refractivity (Wildman–Crippen MR) is 73.3 cm³/mol. The maximum atomic E-state index is 5.79. The van der Waals surface area contributed by atoms with Crippen molar-refractivity contribution in [1.82, 2.24) is 4.98 Å². The van der Waals surface area contributed by atoms with Gasteiger partial charge in [0.15, 0.2) is 0 Å². The van der Waals surface area contributed by atoms with Crippen molar-refractivity contribution in [1.29, 1.82) is 0 Å². The van der Waals surface area contributed by atoms with Crippen LogP contribution in [0.3, 0.4) is 0 Å². The Morgan fingerprint density at radius 1 is 1.41 bits per heavy atom. The number of aromatic nitrogens is 1. The lowest BCUT2D eigenvalue weighted by atomic mass is 10.1. The van der Waals surface area contributed by atoms with Crippen LogP contribution in [0.5, 0.6) is 5.75 Å². The second kappa shape index (κ2) is 5.52. The summed E-state index contributed by atoms with van der Waals surface area (Å²) in [6, 6.07) is 6.12. The van der Waals surface area contributed by atoms with Crippen LogP contribution < -0.4 is 4.74 Å². The monoisotopic (exact) mass is 267 g/mol. The van der Waals surface area contributed by atoms with Crippen LogP contribution in [0.4, 0.5) is 0 Å². The number of rotatable bonds is 4. The Balaban J connectivity index is 2.39. The standard InChI is InChI=1S/C13H14ClNOS/c1-9-7-10(3-4-11(9)16-2)13-12(5-6-14)17-8-15-13/h3-4,7-8H,5-6H2,1-2H3. The summed E-state index contributed by atoms with van der Waals surface area (Å²) in [5, 5.41) is 0. The molecule has 90 valence electrons. The van der Waals surface area contributed by atoms with Crippen molar-refractivity contribution in [3.05, 3.63) is 34.2 Å². The molecule has 0 unspecified atom stereocenters. The zero-order valence-electron chi connectivity index (χ0n) is 9.87. The molecule has 0 aliphatic rings. The van der Waals surface area contributed by atoms with E-state index in [-0.39, 0.29) is 0 Å². The van der Waals surface area contributed by atoms with Gasteiger partial charge in [0, 0.05) is 16.3 Å². The maximum Gasteiger partial charge on any atom is 0.121 e. The van der Waals surface area contributed by atoms with E-state index in [0.717, 1.165) is 29.0 Å². The van der Waals surface area contributed by atoms with Crippen molar-refractivity contribution in [3.8, 4) is 17.0 Å². The van der Waals surface area contributed by atoms with E-state index < -0.39 is 0 Å². The molecule has 2 aromatic rings. The summed E-state index contributed by atoms with van der Waals surface area (Å²) in [6.45, 7) is 2.04. The Bertz CT molecular complexity index is 510. The van der Waals surface area contributed by atoms with Gasteiger partial charge >= 0.3 is 0 Å². The van der Waals surface area contributed by atoms with Gasteiger partial charge in [0.05, 0.1) is 18.3 Å². The molecule has 0 radical (unpaired) electrons. The summed E-state index contributed by atoms with van der Waals surface area (Å²) in [4.78, 5) is 5.66. The van der Waals surface area contributed by atoms with E-state index in [2.05, 4.69) is 11.1 Å². The van der Waals surface area contributed by atoms with Crippen LogP contribution in [0.25, 0.3) is 11.3 Å². The predicted octanol–water partition coefficient (Wildman–Crippen LogP) is 3.91. The van der Waals surface area contributed by atoms with Crippen LogP contribution in [0.2, 0.25) is 0 Å². The molecule has 1 aromatic heterocycles. The van der Waals surface area contributed by atoms with Crippen LogP contribution in [0.1, 0.15) is 10.4 Å². The highest BCUT2D eigenvalue weighted by Gasteiger charge is 2.09. The molecule has 0 aliphatic heterocycles. The number of hydrogen-bond donors (Lipinski definition) is 0. The Labute approximate surface area is 110 Å². The second-order valence-corrected chi connectivity index (χ2v) is 5.06. The number of thiazole rings is 1. The lowest BCUT2D eigenvalue weighted by Gasteiger charge is -2.07. The molecule has 0 spiro atoms. The van der Waals surface area contributed by atoms with Gasteiger partial charge < -0.3 is 4.74 Å². The molecule has 0 amide bonds. The summed E-state index contributed by atoms with van der Waals surface area (Å²) in [7, 11) is 1.68. The molecule has 0 fully saturated rings. The Morgan fingerprint density at radius 3 is 2.88 bits per heavy atom. The van der Waals surface area contributed by atoms with Crippen LogP contribution in [0.15, 0.2) is 23.7 Å². The minimum absolute atomic E-state index is 0.629. The van der Waals surface area contributed by atoms with Gasteiger partial charge in [-0.05, 0) is 37.1 Å². The van der Waals surface area contributed by atoms with Gasteiger partial charge in [0.1, 0.15) is 5.75 Å². The first-order valence-electron chi connectivity index (χ1n) is 5.39. The van der Waals surface area contributed by atoms with E-state index >= 15 is 0 Å². The number of methoxy groups -OCH3 is 1. The quantitative estimate of drug-likeness (QED) is 0.784. The van der Waals surface area contributed by atoms with Gasteiger partial charge in [0.2, 0.25) is 0 Å². The molecule has 0 saturated carbocycles. The molecule has 1 aromatic carbocycles. The van der Waals surface area contributed by atoms with Crippen molar-refractivity contribution in [3.63, 3.8) is 0 Å². The number of ether oxygens (including phenoxy) is 1. The molecule has 0 bridgehead atoms. The van der Waals surface area contributed by atoms with Crippen molar-refractivity contribution in [2.24, 2.45) is 0 Å². The molecule has 0 N–H and O–H groups in total. The molecule has 4 heteroatoms. The molecule has 0 saturated heterocycles. The molecular formula is C13H14ClNOS. The van der Waals surface area contributed by atoms with E-state index in [4.69, 9.17) is 16.3 Å². The first-order valence-corrected chi connectivity index (χ1v) is 6.81. The molecule has 2 nitrogen and oxygen atoms in total. The summed E-state index contributed by atoms with van der Waals surface area (Å²) in [6.07, 6.45) is 0.868. The number of nitrogens with zero attached hydrogens (tertiary/aromatic N) is 1. The number of halogens is 1. The highest BCUT2D eigenvalue weighted by Crippen LogP contribution is 2.29. The Morgan fingerprint density at radius 2 is 2.24 bits per heavy atom. The van der Waals surface area contributed by atoms with Crippen molar-refractivity contribution in [2.45, 2.75) is 13.3 Å². The summed E-state index contributed by atoms with van der Waals surface area (Å²) in [5.74, 6) is 1.53. The van der Waals surface area contributed by atoms with Gasteiger partial charge in [-0.3, -0.25) is 0 Å². The van der Waals surface area contributed by atoms with E-state index in [1.807, 2.05) is 24.6 Å². The van der Waals surface area contributed by atoms with Crippen molar-refractivity contribution >= 4 is 22.9 Å². The van der Waals surface area contributed by atoms with Crippen LogP contribution in [-0.2, 0) is 6.42 Å². The summed E-state index contributed by atoms with van der Waals surface area (Å²) in [5.41, 5.74) is 5.16. The average molecular weight is 268 g/mol. The van der Waals surface area contributed by atoms with Gasteiger partial charge in [-0.15, -0.1) is 22.9 Å². The fourth-order valence-electron chi connectivity index (χ4n) is 1.79. The topological polar surface area (TPSA) is 22.1 Å². The number of hydrogen-bond acceptors (Lipinski definition) is 3. The molecule has 1 heterocycles. The third-order valence-electron chi connectivity index (χ3n) is 2.63. The fourth-order valence-corrected chi connectivity index (χ4v) is 2.88. The first kappa shape index (κ1) is 12.4. The largest absolute Gasteiger partial charge is 0.496 e. The number of benzene rings is 1. The lowest BCUT2D eigenvalue weighted by Crippen LogP contribution is -1.90. The SMILES string of the molecule is COc1ccc(-c2ncsc2CCCl)cc1C. The van der Waals surface area contributed by atoms with Gasteiger partial charge in [0.25, 0.3) is 0 Å². The zero-order chi connectivity index (χ0) is 12.3. The summed E-state index contributed by atoms with van der Waals surface area (Å²) >= 11 is 7.45. The lowest BCUT2D eigenvalue weighted by molar-refractivity contribution is 0.412. The van der Waals surface area contributed by atoms with Crippen LogP contribution in [-0.4, -0.2) is 18.0 Å². The second-order valence-electron chi connectivity index (χ2n) is 3.75. The average Bonchev–Trinajstić information content (AvgIpc) is 2.78. The summed E-state index contributed by atoms with van der Waals surface area (Å²) < 4.78 is 5.26. The first-order chi connectivity index (χ1) is 8.26. The van der Waals surface area contributed by atoms with Crippen LogP contribution >= 0.6 is 22.9 Å². The van der Waals surface area contributed by atoms with Gasteiger partial charge in [-0.2, -0.15) is 0 Å². The van der Waals surface area contributed by atoms with E-state index in [9.17, 15) is 0 Å². The number of alkyl halides is 1. The van der Waals surface area contributed by atoms with E-state index in [0.29, 0.717) is 5.88 Å². The zero-order valence-corrected chi connectivity index (χ0v) is 11.4. The van der Waals surface area contributed by atoms with Gasteiger partial charge in [-0.1, -0.05) is 0 Å². The highest BCUT2D eigenvalue weighted by molar-refractivity contribution is 7.10. The third-order valence-corrected chi connectivity index (χ3v) is 3.71. The third kappa shape index (κ3) is 2.61. The fraction of sp³-hybridized carbons (Fsp3) is 0.308. The molecule has 2 rings (SSSR count). The smallest absolute Gasteiger partial charge is 0.121 e. The van der Waals surface area contributed by atoms with E-state index in [1.165, 1.54) is 4.88 Å². The molecule has 0 aliphatic carbocycles. The molecule has 17 heavy (non-hydrogen) atoms. The molecule has 0 atom stereocenters. The maximum absolute atomic E-state index is 5.79. The van der Waals surface area contributed by atoms with Crippen molar-refractivity contribution < 1.29 is 4.74 Å². The van der Waals surface area contributed by atoms with Gasteiger partial charge in [-0.25, -0.2) is 4.98 Å². The normalized spacial score (nSPS) is 10.5. The minimum atomic E-state index is 0.629. The minimum Gasteiger partial charge on any atom is -0.496 e. The Hall–Kier alpha value is -1.06. The highest BCUT2D eigenvalue weighted by atomic mass is 35.5. The number of aryl methyl sites for hydroxylation is 2. The van der Waals surface area contributed by atoms with E-state index in [1.54, 1.807) is 18.4 Å². The molecular weight excluding hydrogens is 254 g/mol. The van der Waals surface area contributed by atoms with Crippen LogP contribution in [0, 0.1) is 6.92 Å². The Kier molecular flexibility index (Phi) is 4.02.